The number of rotatable bonds is 12. The predicted octanol–water partition coefficient (Wildman–Crippen LogP) is 6.65. The summed E-state index contributed by atoms with van der Waals surface area (Å²) in [6.07, 6.45) is 0. The number of hydrogen-bond acceptors (Lipinski definition) is 20. The van der Waals surface area contributed by atoms with Crippen LogP contribution >= 0.6 is 0 Å². The number of phenols is 8. The molecule has 20 heteroatoms. The summed E-state index contributed by atoms with van der Waals surface area (Å²) < 4.78 is 32.3. The first-order valence-corrected chi connectivity index (χ1v) is 19.2. The van der Waals surface area contributed by atoms with Gasteiger partial charge in [0, 0.05) is 36.4 Å². The first kappa shape index (κ1) is 45.8. The van der Waals surface area contributed by atoms with Gasteiger partial charge in [0.1, 0.15) is 80.5 Å². The van der Waals surface area contributed by atoms with E-state index in [9.17, 15) is 69.6 Å². The Morgan fingerprint density at radius 1 is 0.221 bits per heavy atom. The fourth-order valence-corrected chi connectivity index (χ4v) is 6.04. The molecular formula is C48H30O20. The number of carbonyl (C=O) groups excluding carboxylic acids is 6. The Balaban J connectivity index is 1.10. The minimum absolute atomic E-state index is 0.139. The van der Waals surface area contributed by atoms with Crippen LogP contribution in [0.2, 0.25) is 0 Å². The standard InChI is InChI=1S/C48H30O20/c49-29-5-23(6-30(50)17-29)43(57)65-39-13-27(14-40(21-39)66-44(58)24-7-31(51)18-32(52)8-24)47(61)63-37-1-2-38(4-3-37)64-48(62)28-15-41(67-45(59)25-9-33(53)19-34(54)10-25)22-42(16-28)68-46(60)26-11-35(55)20-36(56)12-26/h1-22,49-56H. The van der Waals surface area contributed by atoms with Gasteiger partial charge in [0.2, 0.25) is 0 Å². The topological polar surface area (TPSA) is 320 Å². The van der Waals surface area contributed by atoms with Crippen LogP contribution in [0.15, 0.2) is 133 Å². The Bertz CT molecular complexity index is 2720. The van der Waals surface area contributed by atoms with Crippen molar-refractivity contribution in [1.82, 2.24) is 0 Å². The molecule has 0 spiro atoms. The lowest BCUT2D eigenvalue weighted by Gasteiger charge is -2.12. The second kappa shape index (κ2) is 19.2. The largest absolute Gasteiger partial charge is 0.508 e. The summed E-state index contributed by atoms with van der Waals surface area (Å²) >= 11 is 0. The Morgan fingerprint density at radius 3 is 0.574 bits per heavy atom. The number of esters is 6. The highest BCUT2D eigenvalue weighted by atomic mass is 16.6. The molecule has 0 saturated heterocycles. The molecule has 0 atom stereocenters. The van der Waals surface area contributed by atoms with E-state index in [4.69, 9.17) is 28.4 Å². The van der Waals surface area contributed by atoms with Crippen LogP contribution < -0.4 is 28.4 Å². The van der Waals surface area contributed by atoms with Crippen molar-refractivity contribution in [2.75, 3.05) is 0 Å². The van der Waals surface area contributed by atoms with Gasteiger partial charge in [-0.25, -0.2) is 28.8 Å². The van der Waals surface area contributed by atoms with Crippen molar-refractivity contribution >= 4 is 35.8 Å². The maximum absolute atomic E-state index is 13.5. The van der Waals surface area contributed by atoms with E-state index in [0.29, 0.717) is 0 Å². The van der Waals surface area contributed by atoms with Gasteiger partial charge in [-0.1, -0.05) is 0 Å². The van der Waals surface area contributed by atoms with E-state index in [1.807, 2.05) is 0 Å². The second-order valence-corrected chi connectivity index (χ2v) is 14.1. The molecule has 7 aromatic carbocycles. The second-order valence-electron chi connectivity index (χ2n) is 14.1. The molecular weight excluding hydrogens is 897 g/mol. The summed E-state index contributed by atoms with van der Waals surface area (Å²) in [6, 6.07) is 22.8. The van der Waals surface area contributed by atoms with Crippen LogP contribution in [0.5, 0.6) is 80.5 Å². The van der Waals surface area contributed by atoms with E-state index in [-0.39, 0.29) is 67.9 Å². The lowest BCUT2D eigenvalue weighted by atomic mass is 10.1. The normalized spacial score (nSPS) is 10.6. The Labute approximate surface area is 380 Å². The van der Waals surface area contributed by atoms with E-state index >= 15 is 0 Å². The smallest absolute Gasteiger partial charge is 0.343 e. The van der Waals surface area contributed by atoms with Crippen LogP contribution in [0.3, 0.4) is 0 Å². The molecule has 7 aromatic rings. The van der Waals surface area contributed by atoms with Gasteiger partial charge in [-0.15, -0.1) is 0 Å². The molecule has 0 bridgehead atoms. The quantitative estimate of drug-likeness (QED) is 0.0470. The van der Waals surface area contributed by atoms with Gasteiger partial charge in [-0.2, -0.15) is 0 Å². The molecule has 0 saturated carbocycles. The molecule has 20 nitrogen and oxygen atoms in total. The number of ether oxygens (including phenoxy) is 6. The van der Waals surface area contributed by atoms with Crippen molar-refractivity contribution in [3.8, 4) is 80.5 Å². The summed E-state index contributed by atoms with van der Waals surface area (Å²) in [5.74, 6) is -12.2. The summed E-state index contributed by atoms with van der Waals surface area (Å²) in [6.45, 7) is 0. The Hall–Kier alpha value is -10.2. The van der Waals surface area contributed by atoms with E-state index in [1.54, 1.807) is 0 Å². The molecule has 0 unspecified atom stereocenters. The highest BCUT2D eigenvalue weighted by molar-refractivity contribution is 5.97. The third kappa shape index (κ3) is 11.7. The van der Waals surface area contributed by atoms with E-state index in [0.717, 1.165) is 109 Å². The first-order chi connectivity index (χ1) is 32.3. The van der Waals surface area contributed by atoms with Gasteiger partial charge in [0.25, 0.3) is 0 Å². The van der Waals surface area contributed by atoms with Gasteiger partial charge in [-0.05, 0) is 97.1 Å². The van der Waals surface area contributed by atoms with Crippen LogP contribution in [0.25, 0.3) is 0 Å². The van der Waals surface area contributed by atoms with Crippen LogP contribution in [0.1, 0.15) is 62.1 Å². The van der Waals surface area contributed by atoms with Crippen LogP contribution in [-0.2, 0) is 0 Å². The lowest BCUT2D eigenvalue weighted by molar-refractivity contribution is 0.0700. The number of carbonyl (C=O) groups is 6. The lowest BCUT2D eigenvalue weighted by Crippen LogP contribution is -2.14. The average Bonchev–Trinajstić information content (AvgIpc) is 3.25. The van der Waals surface area contributed by atoms with Crippen LogP contribution in [0.4, 0.5) is 0 Å². The third-order valence-corrected chi connectivity index (χ3v) is 8.87. The summed E-state index contributed by atoms with van der Waals surface area (Å²) in [5, 5.41) is 78.7. The molecule has 68 heavy (non-hydrogen) atoms. The van der Waals surface area contributed by atoms with Gasteiger partial charge >= 0.3 is 35.8 Å². The number of benzene rings is 7. The maximum atomic E-state index is 13.5. The fraction of sp³-hybridized carbons (Fsp3) is 0. The summed E-state index contributed by atoms with van der Waals surface area (Å²) in [5.41, 5.74) is -1.92. The van der Waals surface area contributed by atoms with Crippen LogP contribution in [0, 0.1) is 0 Å². The average molecular weight is 927 g/mol. The molecule has 0 aromatic heterocycles. The highest BCUT2D eigenvalue weighted by Crippen LogP contribution is 2.32. The highest BCUT2D eigenvalue weighted by Gasteiger charge is 2.22. The van der Waals surface area contributed by atoms with Gasteiger partial charge < -0.3 is 69.3 Å². The van der Waals surface area contributed by atoms with Gasteiger partial charge in [0.05, 0.1) is 33.4 Å². The molecule has 0 aliphatic carbocycles. The van der Waals surface area contributed by atoms with E-state index in [2.05, 4.69) is 0 Å². The molecule has 8 N–H and O–H groups in total. The minimum atomic E-state index is -1.11. The molecule has 0 heterocycles. The predicted molar refractivity (Wildman–Crippen MR) is 228 cm³/mol. The minimum Gasteiger partial charge on any atom is -0.508 e. The Morgan fingerprint density at radius 2 is 0.382 bits per heavy atom. The van der Waals surface area contributed by atoms with Crippen LogP contribution in [-0.4, -0.2) is 76.7 Å². The molecule has 7 rings (SSSR count). The molecule has 0 amide bonds. The zero-order valence-electron chi connectivity index (χ0n) is 34.2. The monoisotopic (exact) mass is 926 g/mol. The molecule has 0 radical (unpaired) electrons. The van der Waals surface area contributed by atoms with Gasteiger partial charge in [0.15, 0.2) is 0 Å². The Kier molecular flexibility index (Phi) is 13.0. The summed E-state index contributed by atoms with van der Waals surface area (Å²) in [4.78, 5) is 78.8. The zero-order chi connectivity index (χ0) is 48.8. The van der Waals surface area contributed by atoms with Crippen molar-refractivity contribution < 1.29 is 98.0 Å². The first-order valence-electron chi connectivity index (χ1n) is 19.2. The van der Waals surface area contributed by atoms with Gasteiger partial charge in [-0.3, -0.25) is 0 Å². The zero-order valence-corrected chi connectivity index (χ0v) is 34.2. The molecule has 342 valence electrons. The van der Waals surface area contributed by atoms with Crippen molar-refractivity contribution in [3.05, 3.63) is 167 Å². The van der Waals surface area contributed by atoms with Crippen molar-refractivity contribution in [3.63, 3.8) is 0 Å². The van der Waals surface area contributed by atoms with Crippen molar-refractivity contribution in [2.24, 2.45) is 0 Å². The SMILES string of the molecule is O=C(Oc1cc(OC(=O)c2cc(O)cc(O)c2)cc(C(=O)Oc2ccc(OC(=O)c3cc(OC(=O)c4cc(O)cc(O)c4)cc(OC(=O)c4cc(O)cc(O)c4)c3)cc2)c1)c1cc(O)cc(O)c1. The number of phenolic OH excluding ortho intramolecular Hbond substituents is 8. The fourth-order valence-electron chi connectivity index (χ4n) is 6.04. The van der Waals surface area contributed by atoms with Crippen molar-refractivity contribution in [1.29, 1.82) is 0 Å². The van der Waals surface area contributed by atoms with E-state index < -0.39 is 81.8 Å². The summed E-state index contributed by atoms with van der Waals surface area (Å²) in [7, 11) is 0. The van der Waals surface area contributed by atoms with Crippen molar-refractivity contribution in [2.45, 2.75) is 0 Å². The number of aromatic hydroxyl groups is 8. The maximum Gasteiger partial charge on any atom is 0.343 e. The van der Waals surface area contributed by atoms with E-state index in [1.165, 1.54) is 24.3 Å². The number of hydrogen-bond donors (Lipinski definition) is 8. The molecule has 0 fully saturated rings. The molecule has 0 aliphatic heterocycles. The molecule has 0 aliphatic rings. The third-order valence-electron chi connectivity index (χ3n) is 8.87.